The minimum absolute atomic E-state index is 0.762. The van der Waals surface area contributed by atoms with Crippen molar-refractivity contribution in [2.45, 2.75) is 19.5 Å². The van der Waals surface area contributed by atoms with Crippen LogP contribution in [0, 0.1) is 0 Å². The van der Waals surface area contributed by atoms with Crippen LogP contribution in [0.1, 0.15) is 16.7 Å². The van der Waals surface area contributed by atoms with Crippen LogP contribution in [0.5, 0.6) is 11.5 Å². The lowest BCUT2D eigenvalue weighted by Crippen LogP contribution is -2.30. The molecule has 0 radical (unpaired) electrons. The van der Waals surface area contributed by atoms with Crippen molar-refractivity contribution in [3.05, 3.63) is 83.4 Å². The van der Waals surface area contributed by atoms with Gasteiger partial charge in [-0.15, -0.1) is 0 Å². The maximum atomic E-state index is 6.25. The molecule has 152 valence electrons. The second-order valence-corrected chi connectivity index (χ2v) is 7.74. The highest BCUT2D eigenvalue weighted by molar-refractivity contribution is 5.90. The number of nitrogens with zero attached hydrogens (tertiary/aromatic N) is 1. The molecule has 0 N–H and O–H groups in total. The van der Waals surface area contributed by atoms with Crippen molar-refractivity contribution in [2.75, 3.05) is 20.8 Å². The fourth-order valence-corrected chi connectivity index (χ4v) is 4.28. The van der Waals surface area contributed by atoms with Crippen molar-refractivity contribution < 1.29 is 13.9 Å². The summed E-state index contributed by atoms with van der Waals surface area (Å²) in [6.07, 6.45) is 1.10. The first kappa shape index (κ1) is 18.8. The normalized spacial score (nSPS) is 13.9. The molecule has 0 atom stereocenters. The Bertz CT molecular complexity index is 1180. The van der Waals surface area contributed by atoms with Gasteiger partial charge in [-0.25, -0.2) is 0 Å². The minimum atomic E-state index is 0.762. The van der Waals surface area contributed by atoms with E-state index in [9.17, 15) is 0 Å². The number of fused-ring (bicyclic) bond motifs is 2. The molecular formula is C26H25NO3. The van der Waals surface area contributed by atoms with Gasteiger partial charge in [-0.05, 0) is 59.5 Å². The maximum absolute atomic E-state index is 6.25. The molecule has 0 unspecified atom stereocenters. The Labute approximate surface area is 176 Å². The molecule has 0 fully saturated rings. The van der Waals surface area contributed by atoms with Gasteiger partial charge in [0, 0.05) is 30.6 Å². The van der Waals surface area contributed by atoms with Crippen LogP contribution in [0.3, 0.4) is 0 Å². The van der Waals surface area contributed by atoms with Crippen molar-refractivity contribution in [3.63, 3.8) is 0 Å². The molecule has 0 spiro atoms. The van der Waals surface area contributed by atoms with Crippen LogP contribution < -0.4 is 9.47 Å². The molecular weight excluding hydrogens is 374 g/mol. The number of hydrogen-bond acceptors (Lipinski definition) is 4. The topological polar surface area (TPSA) is 34.8 Å². The summed E-state index contributed by atoms with van der Waals surface area (Å²) < 4.78 is 17.1. The first-order valence-electron chi connectivity index (χ1n) is 10.3. The zero-order valence-electron chi connectivity index (χ0n) is 17.4. The van der Waals surface area contributed by atoms with Gasteiger partial charge in [0.1, 0.15) is 11.5 Å². The van der Waals surface area contributed by atoms with Gasteiger partial charge >= 0.3 is 0 Å². The van der Waals surface area contributed by atoms with Gasteiger partial charge in [0.25, 0.3) is 0 Å². The Morgan fingerprint density at radius 2 is 1.70 bits per heavy atom. The number of methoxy groups -OCH3 is 2. The first-order chi connectivity index (χ1) is 14.7. The first-order valence-corrected chi connectivity index (χ1v) is 10.3. The molecule has 1 aromatic heterocycles. The van der Waals surface area contributed by atoms with Gasteiger partial charge in [-0.3, -0.25) is 4.90 Å². The second kappa shape index (κ2) is 7.88. The molecule has 0 bridgehead atoms. The highest BCUT2D eigenvalue weighted by atomic mass is 16.5. The third-order valence-corrected chi connectivity index (χ3v) is 5.94. The Morgan fingerprint density at radius 3 is 2.47 bits per heavy atom. The van der Waals surface area contributed by atoms with E-state index in [1.54, 1.807) is 14.2 Å². The number of furan rings is 1. The van der Waals surface area contributed by atoms with E-state index in [4.69, 9.17) is 13.9 Å². The van der Waals surface area contributed by atoms with Crippen molar-refractivity contribution in [3.8, 4) is 22.8 Å². The summed E-state index contributed by atoms with van der Waals surface area (Å²) in [5.41, 5.74) is 5.98. The van der Waals surface area contributed by atoms with Crippen molar-refractivity contribution in [2.24, 2.45) is 0 Å². The lowest BCUT2D eigenvalue weighted by Gasteiger charge is -2.29. The van der Waals surface area contributed by atoms with Gasteiger partial charge < -0.3 is 13.9 Å². The Hall–Kier alpha value is -3.24. The molecule has 0 amide bonds. The van der Waals surface area contributed by atoms with E-state index in [1.165, 1.54) is 16.7 Å². The molecule has 1 aliphatic heterocycles. The van der Waals surface area contributed by atoms with E-state index in [0.29, 0.717) is 0 Å². The summed E-state index contributed by atoms with van der Waals surface area (Å²) in [7, 11) is 3.36. The van der Waals surface area contributed by atoms with Gasteiger partial charge in [0.05, 0.1) is 14.2 Å². The summed E-state index contributed by atoms with van der Waals surface area (Å²) >= 11 is 0. The fraction of sp³-hybridized carbons (Fsp3) is 0.231. The molecule has 5 rings (SSSR count). The molecule has 0 saturated heterocycles. The van der Waals surface area contributed by atoms with Gasteiger partial charge in [0.15, 0.2) is 11.3 Å². The highest BCUT2D eigenvalue weighted by Gasteiger charge is 2.19. The minimum Gasteiger partial charge on any atom is -0.497 e. The number of ether oxygens (including phenoxy) is 2. The predicted molar refractivity (Wildman–Crippen MR) is 119 cm³/mol. The maximum Gasteiger partial charge on any atom is 0.176 e. The zero-order valence-corrected chi connectivity index (χ0v) is 17.4. The highest BCUT2D eigenvalue weighted by Crippen LogP contribution is 2.37. The third-order valence-electron chi connectivity index (χ3n) is 5.94. The molecule has 3 aromatic carbocycles. The lowest BCUT2D eigenvalue weighted by atomic mass is 9.99. The third kappa shape index (κ3) is 3.44. The van der Waals surface area contributed by atoms with Crippen LogP contribution in [-0.2, 0) is 19.5 Å². The van der Waals surface area contributed by atoms with Crippen LogP contribution in [0.15, 0.2) is 71.1 Å². The average molecular weight is 399 g/mol. The average Bonchev–Trinajstić information content (AvgIpc) is 3.25. The molecule has 4 nitrogen and oxygen atoms in total. The van der Waals surface area contributed by atoms with Gasteiger partial charge in [-0.1, -0.05) is 30.3 Å². The smallest absolute Gasteiger partial charge is 0.176 e. The Balaban J connectivity index is 1.49. The zero-order chi connectivity index (χ0) is 20.5. The Morgan fingerprint density at radius 1 is 0.900 bits per heavy atom. The molecule has 30 heavy (non-hydrogen) atoms. The second-order valence-electron chi connectivity index (χ2n) is 7.74. The van der Waals surface area contributed by atoms with Gasteiger partial charge in [0.2, 0.25) is 0 Å². The van der Waals surface area contributed by atoms with E-state index >= 15 is 0 Å². The standard InChI is InChI=1S/C26H25NO3/c1-28-22-10-7-19(8-11-22)25-15-23-21(9-12-24(29-2)26(23)30-25)17-27-14-13-18-5-3-4-6-20(18)16-27/h3-12,15H,13-14,16-17H2,1-2H3. The number of rotatable bonds is 5. The van der Waals surface area contributed by atoms with Crippen molar-refractivity contribution in [1.29, 1.82) is 0 Å². The quantitative estimate of drug-likeness (QED) is 0.433. The van der Waals surface area contributed by atoms with Crippen molar-refractivity contribution >= 4 is 11.0 Å². The SMILES string of the molecule is COc1ccc(-c2cc3c(CN4CCc5ccccc5C4)ccc(OC)c3o2)cc1. The monoisotopic (exact) mass is 399 g/mol. The van der Waals surface area contributed by atoms with Gasteiger partial charge in [-0.2, -0.15) is 0 Å². The van der Waals surface area contributed by atoms with Crippen LogP contribution in [0.25, 0.3) is 22.3 Å². The summed E-state index contributed by atoms with van der Waals surface area (Å²) in [6.45, 7) is 2.93. The molecule has 4 aromatic rings. The van der Waals surface area contributed by atoms with E-state index in [0.717, 1.165) is 59.8 Å². The summed E-state index contributed by atoms with van der Waals surface area (Å²) in [6, 6.07) is 23.0. The molecule has 0 aliphatic carbocycles. The van der Waals surface area contributed by atoms with Crippen LogP contribution in [0.4, 0.5) is 0 Å². The van der Waals surface area contributed by atoms with Crippen molar-refractivity contribution in [1.82, 2.24) is 4.90 Å². The molecule has 2 heterocycles. The van der Waals surface area contributed by atoms with E-state index in [2.05, 4.69) is 41.3 Å². The summed E-state index contributed by atoms with van der Waals surface area (Å²) in [5.74, 6) is 2.43. The van der Waals surface area contributed by atoms with Crippen LogP contribution in [-0.4, -0.2) is 25.7 Å². The van der Waals surface area contributed by atoms with E-state index in [-0.39, 0.29) is 0 Å². The summed E-state index contributed by atoms with van der Waals surface area (Å²) in [4.78, 5) is 2.50. The number of benzene rings is 3. The summed E-state index contributed by atoms with van der Waals surface area (Å²) in [5, 5.41) is 1.11. The lowest BCUT2D eigenvalue weighted by molar-refractivity contribution is 0.246. The van der Waals surface area contributed by atoms with Crippen LogP contribution >= 0.6 is 0 Å². The number of hydrogen-bond donors (Lipinski definition) is 0. The fourth-order valence-electron chi connectivity index (χ4n) is 4.28. The molecule has 4 heteroatoms. The van der Waals surface area contributed by atoms with Crippen LogP contribution in [0.2, 0.25) is 0 Å². The Kier molecular flexibility index (Phi) is 4.93. The largest absolute Gasteiger partial charge is 0.497 e. The van der Waals surface area contributed by atoms with E-state index in [1.807, 2.05) is 30.3 Å². The predicted octanol–water partition coefficient (Wildman–Crippen LogP) is 5.68. The molecule has 1 aliphatic rings. The van der Waals surface area contributed by atoms with E-state index < -0.39 is 0 Å². The molecule has 0 saturated carbocycles.